The minimum Gasteiger partial charge on any atom is -0.461 e. The van der Waals surface area contributed by atoms with Crippen molar-refractivity contribution in [2.24, 2.45) is 0 Å². The van der Waals surface area contributed by atoms with Crippen LogP contribution in [0.15, 0.2) is 34.8 Å². The van der Waals surface area contributed by atoms with E-state index in [1.54, 1.807) is 17.7 Å². The minimum atomic E-state index is -0.363. The zero-order valence-corrected chi connectivity index (χ0v) is 13.8. The van der Waals surface area contributed by atoms with Gasteiger partial charge >= 0.3 is 5.97 Å². The van der Waals surface area contributed by atoms with E-state index in [-0.39, 0.29) is 5.97 Å². The number of nitrogens with zero attached hydrogens (tertiary/aromatic N) is 2. The highest BCUT2D eigenvalue weighted by Crippen LogP contribution is 2.18. The Morgan fingerprint density at radius 2 is 2.05 bits per heavy atom. The summed E-state index contributed by atoms with van der Waals surface area (Å²) in [6.07, 6.45) is 0. The monoisotopic (exact) mass is 338 g/mol. The number of hydrogen-bond acceptors (Lipinski definition) is 3. The summed E-state index contributed by atoms with van der Waals surface area (Å²) in [5, 5.41) is 4.32. The second-order valence-corrected chi connectivity index (χ2v) is 4.70. The molecule has 20 heavy (non-hydrogen) atoms. The Labute approximate surface area is 127 Å². The molecule has 0 saturated heterocycles. The first kappa shape index (κ1) is 16.4. The van der Waals surface area contributed by atoms with Crippen LogP contribution in [-0.4, -0.2) is 22.4 Å². The van der Waals surface area contributed by atoms with Gasteiger partial charge in [-0.3, -0.25) is 0 Å². The molecule has 0 radical (unpaired) electrons. The summed E-state index contributed by atoms with van der Waals surface area (Å²) < 4.78 is 7.55. The number of aromatic nitrogens is 2. The van der Waals surface area contributed by atoms with Crippen molar-refractivity contribution < 1.29 is 9.53 Å². The van der Waals surface area contributed by atoms with Gasteiger partial charge in [0.1, 0.15) is 0 Å². The zero-order valence-electron chi connectivity index (χ0n) is 12.2. The standard InChI is InChI=1S/C13H13BrN2O2.C2H6/c1-3-18-13(17)12-7-9(2)15-16(12)11-6-4-5-10(14)8-11;1-2/h4-8H,3H2,1-2H3;1-2H3. The smallest absolute Gasteiger partial charge is 0.357 e. The van der Waals surface area contributed by atoms with Crippen LogP contribution < -0.4 is 0 Å². The quantitative estimate of drug-likeness (QED) is 0.789. The van der Waals surface area contributed by atoms with Crippen molar-refractivity contribution in [3.8, 4) is 5.69 Å². The summed E-state index contributed by atoms with van der Waals surface area (Å²) in [5.41, 5.74) is 2.03. The minimum absolute atomic E-state index is 0.349. The van der Waals surface area contributed by atoms with Crippen LogP contribution in [0, 0.1) is 6.92 Å². The van der Waals surface area contributed by atoms with Crippen LogP contribution >= 0.6 is 15.9 Å². The number of carbonyl (C=O) groups is 1. The molecule has 0 saturated carbocycles. The molecular weight excluding hydrogens is 320 g/mol. The van der Waals surface area contributed by atoms with Gasteiger partial charge in [0, 0.05) is 4.47 Å². The first-order valence-corrected chi connectivity index (χ1v) is 7.41. The molecule has 5 heteroatoms. The molecule has 2 aromatic rings. The molecule has 4 nitrogen and oxygen atoms in total. The Morgan fingerprint density at radius 1 is 1.35 bits per heavy atom. The van der Waals surface area contributed by atoms with Crippen LogP contribution in [0.5, 0.6) is 0 Å². The fourth-order valence-corrected chi connectivity index (χ4v) is 2.04. The molecule has 1 aromatic heterocycles. The van der Waals surface area contributed by atoms with E-state index in [9.17, 15) is 4.79 Å². The van der Waals surface area contributed by atoms with Gasteiger partial charge in [0.05, 0.1) is 18.0 Å². The first-order chi connectivity index (χ1) is 9.61. The maximum Gasteiger partial charge on any atom is 0.357 e. The second kappa shape index (κ2) is 7.85. The van der Waals surface area contributed by atoms with Crippen molar-refractivity contribution in [2.45, 2.75) is 27.7 Å². The van der Waals surface area contributed by atoms with E-state index in [4.69, 9.17) is 4.74 Å². The van der Waals surface area contributed by atoms with Crippen LogP contribution in [-0.2, 0) is 4.74 Å². The molecular formula is C15H19BrN2O2. The van der Waals surface area contributed by atoms with E-state index in [1.807, 2.05) is 45.0 Å². The Hall–Kier alpha value is -1.62. The molecule has 1 aromatic carbocycles. The van der Waals surface area contributed by atoms with E-state index in [0.29, 0.717) is 12.3 Å². The van der Waals surface area contributed by atoms with E-state index in [1.165, 1.54) is 0 Å². The molecule has 0 aliphatic rings. The van der Waals surface area contributed by atoms with Gasteiger partial charge in [-0.1, -0.05) is 35.8 Å². The maximum absolute atomic E-state index is 11.8. The number of hydrogen-bond donors (Lipinski definition) is 0. The van der Waals surface area contributed by atoms with Crippen LogP contribution in [0.1, 0.15) is 37.0 Å². The average Bonchev–Trinajstić information content (AvgIpc) is 2.83. The van der Waals surface area contributed by atoms with Crippen LogP contribution in [0.4, 0.5) is 0 Å². The molecule has 0 unspecified atom stereocenters. The van der Waals surface area contributed by atoms with Crippen molar-refractivity contribution in [1.82, 2.24) is 9.78 Å². The van der Waals surface area contributed by atoms with Gasteiger partial charge in [-0.15, -0.1) is 0 Å². The highest BCUT2D eigenvalue weighted by molar-refractivity contribution is 9.10. The number of benzene rings is 1. The van der Waals surface area contributed by atoms with Gasteiger partial charge in [0.15, 0.2) is 5.69 Å². The summed E-state index contributed by atoms with van der Waals surface area (Å²) in [6, 6.07) is 9.32. The van der Waals surface area contributed by atoms with Crippen LogP contribution in [0.3, 0.4) is 0 Å². The fraction of sp³-hybridized carbons (Fsp3) is 0.333. The van der Waals surface area contributed by atoms with Crippen LogP contribution in [0.25, 0.3) is 5.69 Å². The predicted molar refractivity (Wildman–Crippen MR) is 83.3 cm³/mol. The lowest BCUT2D eigenvalue weighted by atomic mass is 10.3. The number of halogens is 1. The SMILES string of the molecule is CC.CCOC(=O)c1cc(C)nn1-c1cccc(Br)c1. The first-order valence-electron chi connectivity index (χ1n) is 6.61. The molecule has 0 bridgehead atoms. The lowest BCUT2D eigenvalue weighted by Gasteiger charge is -2.07. The van der Waals surface area contributed by atoms with Gasteiger partial charge in [-0.25, -0.2) is 9.48 Å². The van der Waals surface area contributed by atoms with Crippen molar-refractivity contribution in [3.05, 3.63) is 46.2 Å². The molecule has 0 spiro atoms. The molecule has 1 heterocycles. The number of rotatable bonds is 3. The molecule has 0 amide bonds. The number of ether oxygens (including phenoxy) is 1. The van der Waals surface area contributed by atoms with Gasteiger partial charge in [0.2, 0.25) is 0 Å². The van der Waals surface area contributed by atoms with Crippen LogP contribution in [0.2, 0.25) is 0 Å². The van der Waals surface area contributed by atoms with Gasteiger partial charge in [0.25, 0.3) is 0 Å². The average molecular weight is 339 g/mol. The van der Waals surface area contributed by atoms with Crippen molar-refractivity contribution in [1.29, 1.82) is 0 Å². The Balaban J connectivity index is 0.000000956. The largest absolute Gasteiger partial charge is 0.461 e. The lowest BCUT2D eigenvalue weighted by Crippen LogP contribution is -2.11. The Morgan fingerprint density at radius 3 is 2.65 bits per heavy atom. The van der Waals surface area contributed by atoms with Gasteiger partial charge < -0.3 is 4.74 Å². The summed E-state index contributed by atoms with van der Waals surface area (Å²) in [5.74, 6) is -0.363. The number of carbonyl (C=O) groups excluding carboxylic acids is 1. The predicted octanol–water partition coefficient (Wildman–Crippen LogP) is 4.15. The highest BCUT2D eigenvalue weighted by Gasteiger charge is 2.16. The van der Waals surface area contributed by atoms with E-state index in [0.717, 1.165) is 15.9 Å². The normalized spacial score (nSPS) is 9.65. The molecule has 2 rings (SSSR count). The second-order valence-electron chi connectivity index (χ2n) is 3.78. The van der Waals surface area contributed by atoms with Crippen molar-refractivity contribution in [3.63, 3.8) is 0 Å². The molecule has 108 valence electrons. The fourth-order valence-electron chi connectivity index (χ4n) is 1.65. The van der Waals surface area contributed by atoms with Crippen molar-refractivity contribution >= 4 is 21.9 Å². The Kier molecular flexibility index (Phi) is 6.45. The third-order valence-electron chi connectivity index (χ3n) is 2.37. The Bertz CT molecular complexity index is 579. The number of esters is 1. The number of aryl methyl sites for hydroxylation is 1. The van der Waals surface area contributed by atoms with Crippen molar-refractivity contribution in [2.75, 3.05) is 6.61 Å². The highest BCUT2D eigenvalue weighted by atomic mass is 79.9. The molecule has 0 atom stereocenters. The summed E-state index contributed by atoms with van der Waals surface area (Å²) in [4.78, 5) is 11.8. The lowest BCUT2D eigenvalue weighted by molar-refractivity contribution is 0.0515. The third kappa shape index (κ3) is 3.93. The summed E-state index contributed by atoms with van der Waals surface area (Å²) in [6.45, 7) is 7.98. The molecule has 0 aliphatic carbocycles. The van der Waals surface area contributed by atoms with E-state index >= 15 is 0 Å². The van der Waals surface area contributed by atoms with E-state index < -0.39 is 0 Å². The maximum atomic E-state index is 11.8. The molecule has 0 N–H and O–H groups in total. The van der Waals surface area contributed by atoms with Gasteiger partial charge in [-0.05, 0) is 38.1 Å². The topological polar surface area (TPSA) is 44.1 Å². The molecule has 0 aliphatic heterocycles. The third-order valence-corrected chi connectivity index (χ3v) is 2.86. The summed E-state index contributed by atoms with van der Waals surface area (Å²) in [7, 11) is 0. The van der Waals surface area contributed by atoms with Gasteiger partial charge in [-0.2, -0.15) is 5.10 Å². The zero-order chi connectivity index (χ0) is 15.1. The van der Waals surface area contributed by atoms with E-state index in [2.05, 4.69) is 21.0 Å². The summed E-state index contributed by atoms with van der Waals surface area (Å²) >= 11 is 3.40. The molecule has 0 fully saturated rings.